The van der Waals surface area contributed by atoms with Gasteiger partial charge < -0.3 is 14.8 Å². The lowest BCUT2D eigenvalue weighted by Crippen LogP contribution is -2.45. The van der Waals surface area contributed by atoms with Gasteiger partial charge in [-0.3, -0.25) is 9.10 Å². The summed E-state index contributed by atoms with van der Waals surface area (Å²) in [6, 6.07) is 20.2. The van der Waals surface area contributed by atoms with Gasteiger partial charge >= 0.3 is 0 Å². The van der Waals surface area contributed by atoms with Gasteiger partial charge in [0.05, 0.1) is 17.1 Å². The molecular formula is C23H21FN2O5S. The first-order valence-electron chi connectivity index (χ1n) is 9.92. The average Bonchev–Trinajstić information content (AvgIpc) is 2.82. The highest BCUT2D eigenvalue weighted by Crippen LogP contribution is 2.30. The molecule has 1 amide bonds. The van der Waals surface area contributed by atoms with Crippen LogP contribution in [0.5, 0.6) is 11.5 Å². The van der Waals surface area contributed by atoms with Crippen LogP contribution in [0.3, 0.4) is 0 Å². The number of hydrogen-bond donors (Lipinski definition) is 1. The lowest BCUT2D eigenvalue weighted by atomic mass is 10.2. The number of anilines is 1. The Kier molecular flexibility index (Phi) is 6.27. The first kappa shape index (κ1) is 21.6. The first-order chi connectivity index (χ1) is 15.4. The van der Waals surface area contributed by atoms with Gasteiger partial charge in [-0.15, -0.1) is 0 Å². The number of rotatable bonds is 7. The molecule has 9 heteroatoms. The summed E-state index contributed by atoms with van der Waals surface area (Å²) in [4.78, 5) is 12.6. The van der Waals surface area contributed by atoms with Crippen molar-refractivity contribution in [2.75, 3.05) is 24.0 Å². The normalized spacial score (nSPS) is 15.1. The number of amides is 1. The van der Waals surface area contributed by atoms with Crippen LogP contribution < -0.4 is 19.1 Å². The lowest BCUT2D eigenvalue weighted by molar-refractivity contribution is -0.120. The Morgan fingerprint density at radius 1 is 0.969 bits per heavy atom. The van der Waals surface area contributed by atoms with Crippen molar-refractivity contribution in [2.45, 2.75) is 11.0 Å². The van der Waals surface area contributed by atoms with Crippen molar-refractivity contribution < 1.29 is 27.1 Å². The molecule has 4 rings (SSSR count). The number of para-hydroxylation sites is 3. The van der Waals surface area contributed by atoms with Gasteiger partial charge in [0, 0.05) is 0 Å². The highest BCUT2D eigenvalue weighted by atomic mass is 32.2. The second-order valence-electron chi connectivity index (χ2n) is 7.08. The highest BCUT2D eigenvalue weighted by Gasteiger charge is 2.29. The van der Waals surface area contributed by atoms with Gasteiger partial charge in [-0.2, -0.15) is 0 Å². The number of sulfonamides is 1. The van der Waals surface area contributed by atoms with Crippen LogP contribution in [0.25, 0.3) is 0 Å². The minimum atomic E-state index is -4.18. The van der Waals surface area contributed by atoms with Crippen molar-refractivity contribution in [1.29, 1.82) is 0 Å². The molecule has 3 aromatic rings. The number of carbonyl (C=O) groups excluding carboxylic acids is 1. The molecule has 0 spiro atoms. The van der Waals surface area contributed by atoms with E-state index in [4.69, 9.17) is 9.47 Å². The van der Waals surface area contributed by atoms with E-state index in [2.05, 4.69) is 5.32 Å². The Balaban J connectivity index is 1.49. The zero-order valence-corrected chi connectivity index (χ0v) is 17.8. The first-order valence-corrected chi connectivity index (χ1v) is 11.4. The zero-order valence-electron chi connectivity index (χ0n) is 17.0. The molecule has 32 heavy (non-hydrogen) atoms. The Labute approximate surface area is 185 Å². The molecule has 1 aliphatic heterocycles. The van der Waals surface area contributed by atoms with Crippen LogP contribution in [-0.4, -0.2) is 40.1 Å². The number of halogens is 1. The van der Waals surface area contributed by atoms with E-state index in [1.54, 1.807) is 30.3 Å². The Morgan fingerprint density at radius 3 is 2.38 bits per heavy atom. The van der Waals surface area contributed by atoms with Gasteiger partial charge in [0.15, 0.2) is 11.5 Å². The van der Waals surface area contributed by atoms with Crippen LogP contribution in [0.2, 0.25) is 0 Å². The fraction of sp³-hybridized carbons (Fsp3) is 0.174. The molecule has 0 saturated carbocycles. The predicted octanol–water partition coefficient (Wildman–Crippen LogP) is 2.98. The van der Waals surface area contributed by atoms with Crippen LogP contribution in [0.4, 0.5) is 10.1 Å². The molecule has 1 N–H and O–H groups in total. The molecule has 0 fully saturated rings. The average molecular weight is 456 g/mol. The van der Waals surface area contributed by atoms with Gasteiger partial charge in [0.25, 0.3) is 10.0 Å². The molecule has 166 valence electrons. The fourth-order valence-electron chi connectivity index (χ4n) is 3.25. The minimum absolute atomic E-state index is 0.0447. The van der Waals surface area contributed by atoms with Crippen LogP contribution in [-0.2, 0) is 14.8 Å². The number of benzene rings is 3. The second kappa shape index (κ2) is 9.27. The standard InChI is InChI=1S/C23H21FN2O5S/c24-19-10-4-5-11-20(19)26(32(28,29)18-8-2-1-3-9-18)15-23(27)25-14-17-16-30-21-12-6-7-13-22(21)31-17/h1-13,17H,14-16H2,(H,25,27)/t17-/m0/s1. The number of hydrogen-bond acceptors (Lipinski definition) is 5. The molecule has 0 unspecified atom stereocenters. The summed E-state index contributed by atoms with van der Waals surface area (Å²) in [7, 11) is -4.18. The van der Waals surface area contributed by atoms with Crippen LogP contribution in [0, 0.1) is 5.82 Å². The van der Waals surface area contributed by atoms with Crippen molar-refractivity contribution in [1.82, 2.24) is 5.32 Å². The van der Waals surface area contributed by atoms with Crippen molar-refractivity contribution in [3.63, 3.8) is 0 Å². The van der Waals surface area contributed by atoms with Gasteiger partial charge in [-0.25, -0.2) is 12.8 Å². The minimum Gasteiger partial charge on any atom is -0.486 e. The maximum atomic E-state index is 14.5. The molecular weight excluding hydrogens is 435 g/mol. The maximum Gasteiger partial charge on any atom is 0.264 e. The van der Waals surface area contributed by atoms with E-state index < -0.39 is 34.4 Å². The topological polar surface area (TPSA) is 84.9 Å². The summed E-state index contributed by atoms with van der Waals surface area (Å²) in [5.41, 5.74) is -0.210. The molecule has 0 saturated heterocycles. The van der Waals surface area contributed by atoms with Gasteiger partial charge in [-0.05, 0) is 36.4 Å². The quantitative estimate of drug-likeness (QED) is 0.591. The monoisotopic (exact) mass is 456 g/mol. The van der Waals surface area contributed by atoms with E-state index >= 15 is 0 Å². The van der Waals surface area contributed by atoms with E-state index in [0.29, 0.717) is 11.5 Å². The third-order valence-electron chi connectivity index (χ3n) is 4.83. The molecule has 1 atom stereocenters. The predicted molar refractivity (Wildman–Crippen MR) is 117 cm³/mol. The summed E-state index contributed by atoms with van der Waals surface area (Å²) >= 11 is 0. The molecule has 1 aliphatic rings. The Morgan fingerprint density at radius 2 is 1.62 bits per heavy atom. The number of nitrogens with zero attached hydrogens (tertiary/aromatic N) is 1. The zero-order chi connectivity index (χ0) is 22.6. The summed E-state index contributed by atoms with van der Waals surface area (Å²) in [5.74, 6) is -0.164. The van der Waals surface area contributed by atoms with Crippen molar-refractivity contribution in [3.8, 4) is 11.5 Å². The number of fused-ring (bicyclic) bond motifs is 1. The molecule has 0 bridgehead atoms. The molecule has 3 aromatic carbocycles. The van der Waals surface area contributed by atoms with E-state index in [-0.39, 0.29) is 23.7 Å². The second-order valence-corrected chi connectivity index (χ2v) is 8.94. The molecule has 0 aromatic heterocycles. The third-order valence-corrected chi connectivity index (χ3v) is 6.61. The third kappa shape index (κ3) is 4.67. The van der Waals surface area contributed by atoms with E-state index in [0.717, 1.165) is 10.4 Å². The van der Waals surface area contributed by atoms with E-state index in [1.165, 1.54) is 30.3 Å². The fourth-order valence-corrected chi connectivity index (χ4v) is 4.70. The SMILES string of the molecule is O=C(CN(c1ccccc1F)S(=O)(=O)c1ccccc1)NC[C@H]1COc2ccccc2O1. The van der Waals surface area contributed by atoms with Crippen molar-refractivity contribution in [2.24, 2.45) is 0 Å². The molecule has 1 heterocycles. The lowest BCUT2D eigenvalue weighted by Gasteiger charge is -2.27. The van der Waals surface area contributed by atoms with Gasteiger partial charge in [-0.1, -0.05) is 42.5 Å². The smallest absolute Gasteiger partial charge is 0.264 e. The van der Waals surface area contributed by atoms with Crippen LogP contribution in [0.15, 0.2) is 83.8 Å². The van der Waals surface area contributed by atoms with Gasteiger partial charge in [0.1, 0.15) is 25.1 Å². The largest absolute Gasteiger partial charge is 0.486 e. The van der Waals surface area contributed by atoms with Crippen LogP contribution in [0.1, 0.15) is 0 Å². The number of nitrogens with one attached hydrogen (secondary N) is 1. The van der Waals surface area contributed by atoms with Crippen molar-refractivity contribution >= 4 is 21.6 Å². The summed E-state index contributed by atoms with van der Waals surface area (Å²) in [5, 5.41) is 2.65. The molecule has 7 nitrogen and oxygen atoms in total. The Hall–Kier alpha value is -3.59. The molecule has 0 aliphatic carbocycles. The van der Waals surface area contributed by atoms with E-state index in [9.17, 15) is 17.6 Å². The van der Waals surface area contributed by atoms with E-state index in [1.807, 2.05) is 12.1 Å². The number of ether oxygens (including phenoxy) is 2. The van der Waals surface area contributed by atoms with Gasteiger partial charge in [0.2, 0.25) is 5.91 Å². The van der Waals surface area contributed by atoms with Crippen LogP contribution >= 0.6 is 0 Å². The molecule has 0 radical (unpaired) electrons. The summed E-state index contributed by atoms with van der Waals surface area (Å²) in [6.45, 7) is -0.261. The number of carbonyl (C=O) groups is 1. The maximum absolute atomic E-state index is 14.5. The highest BCUT2D eigenvalue weighted by molar-refractivity contribution is 7.92. The summed E-state index contributed by atoms with van der Waals surface area (Å²) < 4.78 is 53.1. The van der Waals surface area contributed by atoms with Crippen molar-refractivity contribution in [3.05, 3.63) is 84.7 Å². The summed E-state index contributed by atoms with van der Waals surface area (Å²) in [6.07, 6.45) is -0.443. The Bertz CT molecular complexity index is 1200.